The molecule has 1 unspecified atom stereocenters. The molecule has 0 radical (unpaired) electrons. The summed E-state index contributed by atoms with van der Waals surface area (Å²) in [6, 6.07) is 10.6. The molecule has 16 heavy (non-hydrogen) atoms. The number of hydrogen-bond acceptors (Lipinski definition) is 2. The predicted octanol–water partition coefficient (Wildman–Crippen LogP) is 3.19. The van der Waals surface area contributed by atoms with Crippen LogP contribution >= 0.6 is 0 Å². The second kappa shape index (κ2) is 5.46. The van der Waals surface area contributed by atoms with Gasteiger partial charge < -0.3 is 9.47 Å². The molecular formula is C14H20O2. The molecule has 0 spiro atoms. The predicted molar refractivity (Wildman–Crippen MR) is 64.3 cm³/mol. The molecule has 2 heteroatoms. The van der Waals surface area contributed by atoms with Gasteiger partial charge in [-0.2, -0.15) is 0 Å². The summed E-state index contributed by atoms with van der Waals surface area (Å²) in [6.45, 7) is 5.80. The van der Waals surface area contributed by atoms with E-state index in [2.05, 4.69) is 37.3 Å². The molecule has 1 aliphatic rings. The van der Waals surface area contributed by atoms with Crippen LogP contribution in [0.1, 0.15) is 31.7 Å². The quantitative estimate of drug-likeness (QED) is 0.779. The molecule has 2 nitrogen and oxygen atoms in total. The largest absolute Gasteiger partial charge is 0.353 e. The maximum absolute atomic E-state index is 5.73. The summed E-state index contributed by atoms with van der Waals surface area (Å²) < 4.78 is 11.2. The minimum absolute atomic E-state index is 0.0000350. The molecule has 1 fully saturated rings. The molecule has 0 aromatic heterocycles. The van der Waals surface area contributed by atoms with Crippen LogP contribution in [0.25, 0.3) is 0 Å². The van der Waals surface area contributed by atoms with Crippen molar-refractivity contribution >= 4 is 0 Å². The van der Waals surface area contributed by atoms with Gasteiger partial charge >= 0.3 is 0 Å². The first kappa shape index (κ1) is 11.6. The van der Waals surface area contributed by atoms with E-state index in [1.165, 1.54) is 5.56 Å². The van der Waals surface area contributed by atoms with E-state index in [-0.39, 0.29) is 6.29 Å². The SMILES string of the molecule is CCOC1C[C@H](C)[C@@H](c2ccccc2)CO1. The molecule has 0 bridgehead atoms. The van der Waals surface area contributed by atoms with E-state index in [1.807, 2.05) is 6.92 Å². The molecule has 0 amide bonds. The highest BCUT2D eigenvalue weighted by Crippen LogP contribution is 2.33. The molecule has 88 valence electrons. The Kier molecular flexibility index (Phi) is 3.97. The molecule has 0 aliphatic carbocycles. The molecule has 3 atom stereocenters. The Morgan fingerprint density at radius 3 is 2.69 bits per heavy atom. The van der Waals surface area contributed by atoms with Crippen molar-refractivity contribution < 1.29 is 9.47 Å². The zero-order chi connectivity index (χ0) is 11.4. The number of rotatable bonds is 3. The topological polar surface area (TPSA) is 18.5 Å². The van der Waals surface area contributed by atoms with Crippen LogP contribution in [0, 0.1) is 5.92 Å². The van der Waals surface area contributed by atoms with E-state index < -0.39 is 0 Å². The maximum atomic E-state index is 5.73. The molecule has 1 aliphatic heterocycles. The molecular weight excluding hydrogens is 200 g/mol. The van der Waals surface area contributed by atoms with Gasteiger partial charge in [0.05, 0.1) is 6.61 Å². The number of benzene rings is 1. The van der Waals surface area contributed by atoms with E-state index in [1.54, 1.807) is 0 Å². The molecule has 0 N–H and O–H groups in total. The van der Waals surface area contributed by atoms with Crippen molar-refractivity contribution in [2.45, 2.75) is 32.5 Å². The maximum Gasteiger partial charge on any atom is 0.157 e. The monoisotopic (exact) mass is 220 g/mol. The summed E-state index contributed by atoms with van der Waals surface area (Å²) in [5, 5.41) is 0. The van der Waals surface area contributed by atoms with Gasteiger partial charge in [0.2, 0.25) is 0 Å². The Hall–Kier alpha value is -0.860. The van der Waals surface area contributed by atoms with Crippen molar-refractivity contribution in [1.82, 2.24) is 0 Å². The van der Waals surface area contributed by atoms with E-state index in [0.717, 1.165) is 19.6 Å². The minimum Gasteiger partial charge on any atom is -0.353 e. The third-order valence-electron chi connectivity index (χ3n) is 3.29. The fourth-order valence-electron chi connectivity index (χ4n) is 2.34. The van der Waals surface area contributed by atoms with Crippen molar-refractivity contribution in [3.63, 3.8) is 0 Å². The normalized spacial score (nSPS) is 30.2. The lowest BCUT2D eigenvalue weighted by atomic mass is 9.84. The van der Waals surface area contributed by atoms with Crippen molar-refractivity contribution in [2.24, 2.45) is 5.92 Å². The van der Waals surface area contributed by atoms with Crippen LogP contribution in [0.15, 0.2) is 30.3 Å². The van der Waals surface area contributed by atoms with Crippen molar-refractivity contribution in [3.05, 3.63) is 35.9 Å². The minimum atomic E-state index is -0.0000350. The highest BCUT2D eigenvalue weighted by atomic mass is 16.7. The third kappa shape index (κ3) is 2.63. The zero-order valence-electron chi connectivity index (χ0n) is 10.1. The van der Waals surface area contributed by atoms with E-state index in [0.29, 0.717) is 11.8 Å². The van der Waals surface area contributed by atoms with Crippen LogP contribution in [0.5, 0.6) is 0 Å². The van der Waals surface area contributed by atoms with Gasteiger partial charge in [0.15, 0.2) is 6.29 Å². The third-order valence-corrected chi connectivity index (χ3v) is 3.29. The van der Waals surface area contributed by atoms with E-state index >= 15 is 0 Å². The Morgan fingerprint density at radius 1 is 1.31 bits per heavy atom. The van der Waals surface area contributed by atoms with Crippen LogP contribution in [-0.2, 0) is 9.47 Å². The van der Waals surface area contributed by atoms with E-state index in [9.17, 15) is 0 Å². The lowest BCUT2D eigenvalue weighted by Crippen LogP contribution is -2.32. The summed E-state index contributed by atoms with van der Waals surface area (Å²) >= 11 is 0. The fraction of sp³-hybridized carbons (Fsp3) is 0.571. The molecule has 1 aromatic rings. The standard InChI is InChI=1S/C14H20O2/c1-3-15-14-9-11(2)13(10-16-14)12-7-5-4-6-8-12/h4-8,11,13-14H,3,9-10H2,1-2H3/t11-,13-,14?/m0/s1. The molecule has 2 rings (SSSR count). The van der Waals surface area contributed by atoms with Gasteiger partial charge in [0.25, 0.3) is 0 Å². The molecule has 1 heterocycles. The van der Waals surface area contributed by atoms with Crippen LogP contribution in [0.2, 0.25) is 0 Å². The van der Waals surface area contributed by atoms with Gasteiger partial charge in [0, 0.05) is 18.9 Å². The average molecular weight is 220 g/mol. The fourth-order valence-corrected chi connectivity index (χ4v) is 2.34. The van der Waals surface area contributed by atoms with Gasteiger partial charge in [-0.3, -0.25) is 0 Å². The first-order chi connectivity index (χ1) is 7.81. The van der Waals surface area contributed by atoms with Gasteiger partial charge in [-0.05, 0) is 18.4 Å². The van der Waals surface area contributed by atoms with Gasteiger partial charge in [-0.15, -0.1) is 0 Å². The Bertz CT molecular complexity index is 310. The summed E-state index contributed by atoms with van der Waals surface area (Å²) in [5.74, 6) is 1.13. The summed E-state index contributed by atoms with van der Waals surface area (Å²) in [7, 11) is 0. The zero-order valence-corrected chi connectivity index (χ0v) is 10.1. The second-order valence-corrected chi connectivity index (χ2v) is 4.45. The smallest absolute Gasteiger partial charge is 0.157 e. The Morgan fingerprint density at radius 2 is 2.06 bits per heavy atom. The molecule has 1 saturated heterocycles. The van der Waals surface area contributed by atoms with Crippen molar-refractivity contribution in [1.29, 1.82) is 0 Å². The first-order valence-electron chi connectivity index (χ1n) is 6.09. The van der Waals surface area contributed by atoms with Crippen molar-refractivity contribution in [2.75, 3.05) is 13.2 Å². The highest BCUT2D eigenvalue weighted by Gasteiger charge is 2.29. The molecule has 0 saturated carbocycles. The van der Waals surface area contributed by atoms with Gasteiger partial charge in [-0.25, -0.2) is 0 Å². The first-order valence-corrected chi connectivity index (χ1v) is 6.09. The summed E-state index contributed by atoms with van der Waals surface area (Å²) in [5.41, 5.74) is 1.38. The van der Waals surface area contributed by atoms with Crippen molar-refractivity contribution in [3.8, 4) is 0 Å². The lowest BCUT2D eigenvalue weighted by Gasteiger charge is -2.34. The highest BCUT2D eigenvalue weighted by molar-refractivity contribution is 5.20. The summed E-state index contributed by atoms with van der Waals surface area (Å²) in [4.78, 5) is 0. The summed E-state index contributed by atoms with van der Waals surface area (Å²) in [6.07, 6.45) is 0.993. The Labute approximate surface area is 97.6 Å². The van der Waals surface area contributed by atoms with Crippen LogP contribution in [-0.4, -0.2) is 19.5 Å². The van der Waals surface area contributed by atoms with Gasteiger partial charge in [0.1, 0.15) is 0 Å². The second-order valence-electron chi connectivity index (χ2n) is 4.45. The average Bonchev–Trinajstić information content (AvgIpc) is 2.31. The van der Waals surface area contributed by atoms with E-state index in [4.69, 9.17) is 9.47 Å². The van der Waals surface area contributed by atoms with Crippen LogP contribution < -0.4 is 0 Å². The van der Waals surface area contributed by atoms with Crippen LogP contribution in [0.3, 0.4) is 0 Å². The molecule has 1 aromatic carbocycles. The van der Waals surface area contributed by atoms with Crippen LogP contribution in [0.4, 0.5) is 0 Å². The number of hydrogen-bond donors (Lipinski definition) is 0. The Balaban J connectivity index is 1.99. The number of ether oxygens (including phenoxy) is 2. The van der Waals surface area contributed by atoms with Gasteiger partial charge in [-0.1, -0.05) is 37.3 Å². The lowest BCUT2D eigenvalue weighted by molar-refractivity contribution is -0.176.